The second-order valence-corrected chi connectivity index (χ2v) is 7.96. The Morgan fingerprint density at radius 2 is 2.00 bits per heavy atom. The molecule has 1 aromatic carbocycles. The standard InChI is InChI=1S/C21H29N3O5S/c1-14(2)27-10-6-8-22-19(25)7-4-3-5-9-24-20(26)15-11-17-18(29-13-28-17)12-16(15)23-21(24)30/h11-12,14H,3-10,13H2,1-2H3,(H,22,25)(H,23,30). The number of nitrogens with zero attached hydrogens (tertiary/aromatic N) is 1. The number of amides is 1. The van der Waals surface area contributed by atoms with E-state index in [1.54, 1.807) is 16.7 Å². The van der Waals surface area contributed by atoms with E-state index in [1.165, 1.54) is 0 Å². The molecule has 1 aromatic heterocycles. The van der Waals surface area contributed by atoms with Gasteiger partial charge in [0.05, 0.1) is 17.0 Å². The number of unbranched alkanes of at least 4 members (excludes halogenated alkanes) is 2. The molecule has 9 heteroatoms. The van der Waals surface area contributed by atoms with Crippen LogP contribution in [-0.2, 0) is 16.1 Å². The maximum absolute atomic E-state index is 12.8. The van der Waals surface area contributed by atoms with E-state index in [9.17, 15) is 9.59 Å². The van der Waals surface area contributed by atoms with E-state index in [4.69, 9.17) is 26.4 Å². The van der Waals surface area contributed by atoms with Gasteiger partial charge in [0.1, 0.15) is 0 Å². The summed E-state index contributed by atoms with van der Waals surface area (Å²) in [4.78, 5) is 27.8. The first-order valence-electron chi connectivity index (χ1n) is 10.4. The van der Waals surface area contributed by atoms with E-state index in [0.29, 0.717) is 53.3 Å². The Bertz CT molecular complexity index is 999. The quantitative estimate of drug-likeness (QED) is 0.416. The number of ether oxygens (including phenoxy) is 3. The largest absolute Gasteiger partial charge is 0.454 e. The average molecular weight is 436 g/mol. The minimum atomic E-state index is -0.145. The summed E-state index contributed by atoms with van der Waals surface area (Å²) in [5.41, 5.74) is 0.495. The molecule has 0 atom stereocenters. The molecule has 0 aliphatic carbocycles. The minimum absolute atomic E-state index is 0.0517. The number of aromatic amines is 1. The molecule has 3 rings (SSSR count). The van der Waals surface area contributed by atoms with Crippen LogP contribution in [0.5, 0.6) is 11.5 Å². The lowest BCUT2D eigenvalue weighted by Gasteiger charge is -2.09. The third-order valence-corrected chi connectivity index (χ3v) is 5.18. The van der Waals surface area contributed by atoms with E-state index in [0.717, 1.165) is 25.7 Å². The molecular weight excluding hydrogens is 406 g/mol. The topological polar surface area (TPSA) is 94.6 Å². The zero-order chi connectivity index (χ0) is 21.5. The molecule has 1 aliphatic heterocycles. The van der Waals surface area contributed by atoms with Gasteiger partial charge in [-0.05, 0) is 51.4 Å². The van der Waals surface area contributed by atoms with Gasteiger partial charge in [0.15, 0.2) is 16.3 Å². The molecule has 164 valence electrons. The summed E-state index contributed by atoms with van der Waals surface area (Å²) < 4.78 is 18.1. The summed E-state index contributed by atoms with van der Waals surface area (Å²) in [6, 6.07) is 3.44. The molecule has 0 saturated heterocycles. The fourth-order valence-electron chi connectivity index (χ4n) is 3.29. The van der Waals surface area contributed by atoms with E-state index >= 15 is 0 Å². The SMILES string of the molecule is CC(C)OCCCNC(=O)CCCCCn1c(=S)[nH]c2cc3c(cc2c1=O)OCO3. The van der Waals surface area contributed by atoms with Crippen molar-refractivity contribution < 1.29 is 19.0 Å². The summed E-state index contributed by atoms with van der Waals surface area (Å²) in [6.45, 7) is 5.93. The van der Waals surface area contributed by atoms with Gasteiger partial charge >= 0.3 is 0 Å². The van der Waals surface area contributed by atoms with Crippen molar-refractivity contribution >= 4 is 29.0 Å². The number of fused-ring (bicyclic) bond motifs is 2. The zero-order valence-electron chi connectivity index (χ0n) is 17.5. The summed E-state index contributed by atoms with van der Waals surface area (Å²) >= 11 is 5.36. The number of hydrogen-bond donors (Lipinski definition) is 2. The van der Waals surface area contributed by atoms with Gasteiger partial charge < -0.3 is 24.5 Å². The highest BCUT2D eigenvalue weighted by molar-refractivity contribution is 7.71. The number of aromatic nitrogens is 2. The molecular formula is C21H29N3O5S. The summed E-state index contributed by atoms with van der Waals surface area (Å²) in [5.74, 6) is 1.23. The van der Waals surface area contributed by atoms with E-state index < -0.39 is 0 Å². The maximum atomic E-state index is 12.8. The van der Waals surface area contributed by atoms with Gasteiger partial charge in [-0.15, -0.1) is 0 Å². The van der Waals surface area contributed by atoms with Crippen molar-refractivity contribution in [2.75, 3.05) is 19.9 Å². The molecule has 0 spiro atoms. The Morgan fingerprint density at radius 1 is 1.23 bits per heavy atom. The van der Waals surface area contributed by atoms with Gasteiger partial charge in [0.2, 0.25) is 12.7 Å². The molecule has 2 aromatic rings. The number of rotatable bonds is 11. The predicted molar refractivity (Wildman–Crippen MR) is 117 cm³/mol. The molecule has 0 unspecified atom stereocenters. The molecule has 30 heavy (non-hydrogen) atoms. The van der Waals surface area contributed by atoms with Crippen LogP contribution < -0.4 is 20.3 Å². The molecule has 0 bridgehead atoms. The first-order chi connectivity index (χ1) is 14.5. The Hall–Kier alpha value is -2.39. The molecule has 1 amide bonds. The van der Waals surface area contributed by atoms with Gasteiger partial charge in [-0.1, -0.05) is 6.42 Å². The molecule has 0 fully saturated rings. The first-order valence-corrected chi connectivity index (χ1v) is 10.8. The molecule has 2 N–H and O–H groups in total. The smallest absolute Gasteiger partial charge is 0.262 e. The normalized spacial score (nSPS) is 12.6. The first kappa shape index (κ1) is 22.3. The number of H-pyrrole nitrogens is 1. The fraction of sp³-hybridized carbons (Fsp3) is 0.571. The number of benzene rings is 1. The van der Waals surface area contributed by atoms with Crippen LogP contribution in [0.3, 0.4) is 0 Å². The molecule has 0 radical (unpaired) electrons. The van der Waals surface area contributed by atoms with Crippen molar-refractivity contribution in [1.29, 1.82) is 0 Å². The highest BCUT2D eigenvalue weighted by atomic mass is 32.1. The lowest BCUT2D eigenvalue weighted by Crippen LogP contribution is -2.25. The van der Waals surface area contributed by atoms with Gasteiger partial charge in [-0.25, -0.2) is 0 Å². The second-order valence-electron chi connectivity index (χ2n) is 7.57. The Morgan fingerprint density at radius 3 is 2.77 bits per heavy atom. The minimum Gasteiger partial charge on any atom is -0.454 e. The molecule has 1 aliphatic rings. The lowest BCUT2D eigenvalue weighted by molar-refractivity contribution is -0.121. The summed E-state index contributed by atoms with van der Waals surface area (Å²) in [6.07, 6.45) is 3.88. The van der Waals surface area contributed by atoms with E-state index in [1.807, 2.05) is 13.8 Å². The molecule has 8 nitrogen and oxygen atoms in total. The number of hydrogen-bond acceptors (Lipinski definition) is 6. The van der Waals surface area contributed by atoms with Crippen LogP contribution in [0.15, 0.2) is 16.9 Å². The second kappa shape index (κ2) is 10.6. The van der Waals surface area contributed by atoms with Crippen LogP contribution in [0.1, 0.15) is 46.0 Å². The van der Waals surface area contributed by atoms with Gasteiger partial charge in [0.25, 0.3) is 5.56 Å². The number of nitrogens with one attached hydrogen (secondary N) is 2. The third-order valence-electron chi connectivity index (χ3n) is 4.86. The third kappa shape index (κ3) is 5.82. The van der Waals surface area contributed by atoms with Crippen LogP contribution >= 0.6 is 12.2 Å². The van der Waals surface area contributed by atoms with Gasteiger partial charge in [-0.3, -0.25) is 14.2 Å². The number of carbonyl (C=O) groups is 1. The van der Waals surface area contributed by atoms with E-state index in [-0.39, 0.29) is 24.4 Å². The Labute approximate surface area is 180 Å². The summed E-state index contributed by atoms with van der Waals surface area (Å²) in [7, 11) is 0. The van der Waals surface area contributed by atoms with Crippen molar-refractivity contribution in [3.8, 4) is 11.5 Å². The predicted octanol–water partition coefficient (Wildman–Crippen LogP) is 3.28. The average Bonchev–Trinajstić information content (AvgIpc) is 3.15. The highest BCUT2D eigenvalue weighted by Crippen LogP contribution is 2.34. The van der Waals surface area contributed by atoms with Crippen LogP contribution in [0.4, 0.5) is 0 Å². The highest BCUT2D eigenvalue weighted by Gasteiger charge is 2.17. The molecule has 2 heterocycles. The van der Waals surface area contributed by atoms with Crippen LogP contribution in [0.25, 0.3) is 10.9 Å². The van der Waals surface area contributed by atoms with Crippen molar-refractivity contribution in [2.45, 2.75) is 58.6 Å². The summed E-state index contributed by atoms with van der Waals surface area (Å²) in [5, 5.41) is 3.43. The van der Waals surface area contributed by atoms with Crippen LogP contribution in [-0.4, -0.2) is 41.5 Å². The van der Waals surface area contributed by atoms with Gasteiger partial charge in [0, 0.05) is 32.2 Å². The van der Waals surface area contributed by atoms with Gasteiger partial charge in [-0.2, -0.15) is 0 Å². The maximum Gasteiger partial charge on any atom is 0.262 e. The van der Waals surface area contributed by atoms with Crippen molar-refractivity contribution in [3.63, 3.8) is 0 Å². The van der Waals surface area contributed by atoms with E-state index in [2.05, 4.69) is 10.3 Å². The monoisotopic (exact) mass is 435 g/mol. The van der Waals surface area contributed by atoms with Crippen molar-refractivity contribution in [1.82, 2.24) is 14.9 Å². The number of carbonyl (C=O) groups excluding carboxylic acids is 1. The lowest BCUT2D eigenvalue weighted by atomic mass is 10.2. The molecule has 0 saturated carbocycles. The Kier molecular flexibility index (Phi) is 7.87. The van der Waals surface area contributed by atoms with Crippen LogP contribution in [0.2, 0.25) is 0 Å². The van der Waals surface area contributed by atoms with Crippen molar-refractivity contribution in [2.24, 2.45) is 0 Å². The van der Waals surface area contributed by atoms with Crippen molar-refractivity contribution in [3.05, 3.63) is 27.3 Å². The Balaban J connectivity index is 1.44. The zero-order valence-corrected chi connectivity index (χ0v) is 18.3. The van der Waals surface area contributed by atoms with Crippen LogP contribution in [0, 0.1) is 4.77 Å². The fourth-order valence-corrected chi connectivity index (χ4v) is 3.57.